The molecule has 1 aliphatic heterocycles. The normalized spacial score (nSPS) is 16.4. The van der Waals surface area contributed by atoms with Crippen LogP contribution in [-0.4, -0.2) is 43.7 Å². The van der Waals surface area contributed by atoms with Crippen LogP contribution in [0.4, 0.5) is 0 Å². The van der Waals surface area contributed by atoms with Crippen molar-refractivity contribution in [2.45, 2.75) is 13.0 Å². The van der Waals surface area contributed by atoms with Gasteiger partial charge in [-0.1, -0.05) is 42.0 Å². The van der Waals surface area contributed by atoms with E-state index in [1.807, 2.05) is 24.3 Å². The maximum atomic E-state index is 12.6. The van der Waals surface area contributed by atoms with Gasteiger partial charge in [0.15, 0.2) is 0 Å². The summed E-state index contributed by atoms with van der Waals surface area (Å²) in [5, 5.41) is 3.12. The van der Waals surface area contributed by atoms with E-state index in [0.717, 1.165) is 35.4 Å². The summed E-state index contributed by atoms with van der Waals surface area (Å²) < 4.78 is 6.45. The fraction of sp³-hybridized carbons (Fsp3) is 0.350. The van der Waals surface area contributed by atoms with Crippen molar-refractivity contribution in [1.82, 2.24) is 10.2 Å². The molecular formula is C20H23IN2O2. The quantitative estimate of drug-likeness (QED) is 0.711. The van der Waals surface area contributed by atoms with Crippen molar-refractivity contribution in [1.29, 1.82) is 0 Å². The summed E-state index contributed by atoms with van der Waals surface area (Å²) in [6, 6.07) is 16.4. The van der Waals surface area contributed by atoms with Gasteiger partial charge in [-0.25, -0.2) is 0 Å². The van der Waals surface area contributed by atoms with Crippen LogP contribution in [0.5, 0.6) is 0 Å². The number of morpholine rings is 1. The zero-order chi connectivity index (χ0) is 17.6. The molecule has 25 heavy (non-hydrogen) atoms. The van der Waals surface area contributed by atoms with Gasteiger partial charge in [0.05, 0.1) is 24.8 Å². The Kier molecular flexibility index (Phi) is 6.45. The zero-order valence-corrected chi connectivity index (χ0v) is 16.5. The molecule has 1 N–H and O–H groups in total. The van der Waals surface area contributed by atoms with Crippen molar-refractivity contribution in [2.24, 2.45) is 0 Å². The van der Waals surface area contributed by atoms with E-state index in [0.29, 0.717) is 6.54 Å². The zero-order valence-electron chi connectivity index (χ0n) is 14.4. The molecule has 1 atom stereocenters. The highest BCUT2D eigenvalue weighted by molar-refractivity contribution is 14.1. The topological polar surface area (TPSA) is 41.6 Å². The van der Waals surface area contributed by atoms with Gasteiger partial charge >= 0.3 is 0 Å². The highest BCUT2D eigenvalue weighted by atomic mass is 127. The standard InChI is InChI=1S/C20H23IN2O2/c1-15-6-8-16(9-7-15)19(23-10-12-25-13-11-23)14-22-20(24)17-4-2-3-5-18(17)21/h2-9,19H,10-14H2,1H3,(H,22,24). The molecule has 1 amide bonds. The average molecular weight is 450 g/mol. The Hall–Kier alpha value is -1.44. The van der Waals surface area contributed by atoms with Crippen LogP contribution in [0.3, 0.4) is 0 Å². The molecule has 0 radical (unpaired) electrons. The number of hydrogen-bond acceptors (Lipinski definition) is 3. The molecule has 3 rings (SSSR count). The Morgan fingerprint density at radius 2 is 1.84 bits per heavy atom. The fourth-order valence-electron chi connectivity index (χ4n) is 3.07. The van der Waals surface area contributed by atoms with Gasteiger partial charge in [-0.2, -0.15) is 0 Å². The molecule has 5 heteroatoms. The van der Waals surface area contributed by atoms with Crippen molar-refractivity contribution in [2.75, 3.05) is 32.8 Å². The van der Waals surface area contributed by atoms with Crippen molar-refractivity contribution in [3.8, 4) is 0 Å². The minimum Gasteiger partial charge on any atom is -0.379 e. The van der Waals surface area contributed by atoms with Crippen LogP contribution in [0.25, 0.3) is 0 Å². The lowest BCUT2D eigenvalue weighted by Crippen LogP contribution is -2.43. The number of halogens is 1. The number of hydrogen-bond donors (Lipinski definition) is 1. The molecule has 0 bridgehead atoms. The summed E-state index contributed by atoms with van der Waals surface area (Å²) in [6.45, 7) is 5.94. The predicted molar refractivity (Wildman–Crippen MR) is 108 cm³/mol. The highest BCUT2D eigenvalue weighted by Gasteiger charge is 2.23. The number of rotatable bonds is 5. The average Bonchev–Trinajstić information content (AvgIpc) is 2.64. The van der Waals surface area contributed by atoms with E-state index in [1.54, 1.807) is 0 Å². The first-order chi connectivity index (χ1) is 12.1. The van der Waals surface area contributed by atoms with Gasteiger partial charge in [-0.15, -0.1) is 0 Å². The number of carbonyl (C=O) groups is 1. The van der Waals surface area contributed by atoms with E-state index in [1.165, 1.54) is 11.1 Å². The maximum absolute atomic E-state index is 12.6. The monoisotopic (exact) mass is 450 g/mol. The number of benzene rings is 2. The third kappa shape index (κ3) is 4.80. The van der Waals surface area contributed by atoms with Crippen molar-refractivity contribution in [3.05, 3.63) is 68.8 Å². The molecule has 2 aromatic rings. The third-order valence-electron chi connectivity index (χ3n) is 4.52. The van der Waals surface area contributed by atoms with Crippen LogP contribution in [-0.2, 0) is 4.74 Å². The maximum Gasteiger partial charge on any atom is 0.252 e. The first-order valence-electron chi connectivity index (χ1n) is 8.56. The minimum absolute atomic E-state index is 0.0182. The van der Waals surface area contributed by atoms with Crippen molar-refractivity contribution < 1.29 is 9.53 Å². The number of carbonyl (C=O) groups excluding carboxylic acids is 1. The predicted octanol–water partition coefficient (Wildman–Crippen LogP) is 3.40. The van der Waals surface area contributed by atoms with E-state index in [2.05, 4.69) is 64.0 Å². The van der Waals surface area contributed by atoms with Gasteiger partial charge in [0.25, 0.3) is 5.91 Å². The van der Waals surface area contributed by atoms with Crippen LogP contribution in [0.1, 0.15) is 27.5 Å². The lowest BCUT2D eigenvalue weighted by atomic mass is 10.0. The highest BCUT2D eigenvalue weighted by Crippen LogP contribution is 2.22. The summed E-state index contributed by atoms with van der Waals surface area (Å²) in [4.78, 5) is 15.0. The van der Waals surface area contributed by atoms with Crippen LogP contribution < -0.4 is 5.32 Å². The summed E-state index contributed by atoms with van der Waals surface area (Å²) in [6.07, 6.45) is 0. The second kappa shape index (κ2) is 8.78. The molecule has 4 nitrogen and oxygen atoms in total. The largest absolute Gasteiger partial charge is 0.379 e. The van der Waals surface area contributed by atoms with Gasteiger partial charge in [0.1, 0.15) is 0 Å². The molecule has 1 fully saturated rings. The summed E-state index contributed by atoms with van der Waals surface area (Å²) in [5.41, 5.74) is 3.20. The molecule has 1 saturated heterocycles. The summed E-state index contributed by atoms with van der Waals surface area (Å²) in [5.74, 6) is -0.0182. The first-order valence-corrected chi connectivity index (χ1v) is 9.64. The minimum atomic E-state index is -0.0182. The van der Waals surface area contributed by atoms with Gasteiger partial charge in [-0.05, 0) is 47.2 Å². The summed E-state index contributed by atoms with van der Waals surface area (Å²) in [7, 11) is 0. The Bertz CT molecular complexity index is 712. The molecule has 0 aliphatic carbocycles. The lowest BCUT2D eigenvalue weighted by Gasteiger charge is -2.35. The molecule has 0 spiro atoms. The van der Waals surface area contributed by atoms with Gasteiger partial charge in [0, 0.05) is 23.2 Å². The van der Waals surface area contributed by atoms with E-state index in [9.17, 15) is 4.79 Å². The number of aryl methyl sites for hydroxylation is 1. The van der Waals surface area contributed by atoms with E-state index in [-0.39, 0.29) is 11.9 Å². The second-order valence-electron chi connectivity index (χ2n) is 6.26. The van der Waals surface area contributed by atoms with Crippen LogP contribution in [0.2, 0.25) is 0 Å². The van der Waals surface area contributed by atoms with Gasteiger partial charge in [0.2, 0.25) is 0 Å². The number of nitrogens with zero attached hydrogens (tertiary/aromatic N) is 1. The Labute approximate surface area is 162 Å². The Morgan fingerprint density at radius 3 is 2.52 bits per heavy atom. The fourth-order valence-corrected chi connectivity index (χ4v) is 3.70. The Morgan fingerprint density at radius 1 is 1.16 bits per heavy atom. The molecule has 2 aromatic carbocycles. The number of nitrogens with one attached hydrogen (secondary N) is 1. The van der Waals surface area contributed by atoms with Crippen LogP contribution in [0.15, 0.2) is 48.5 Å². The van der Waals surface area contributed by atoms with Crippen molar-refractivity contribution >= 4 is 28.5 Å². The van der Waals surface area contributed by atoms with E-state index < -0.39 is 0 Å². The third-order valence-corrected chi connectivity index (χ3v) is 5.46. The van der Waals surface area contributed by atoms with E-state index >= 15 is 0 Å². The molecule has 1 unspecified atom stereocenters. The second-order valence-corrected chi connectivity index (χ2v) is 7.43. The Balaban J connectivity index is 1.74. The summed E-state index contributed by atoms with van der Waals surface area (Å²) >= 11 is 2.20. The molecule has 0 saturated carbocycles. The molecule has 1 heterocycles. The molecular weight excluding hydrogens is 427 g/mol. The lowest BCUT2D eigenvalue weighted by molar-refractivity contribution is 0.0162. The van der Waals surface area contributed by atoms with Crippen LogP contribution in [0, 0.1) is 10.5 Å². The van der Waals surface area contributed by atoms with E-state index in [4.69, 9.17) is 4.74 Å². The number of ether oxygens (including phenoxy) is 1. The van der Waals surface area contributed by atoms with Gasteiger partial charge < -0.3 is 10.1 Å². The van der Waals surface area contributed by atoms with Crippen LogP contribution >= 0.6 is 22.6 Å². The van der Waals surface area contributed by atoms with Gasteiger partial charge in [-0.3, -0.25) is 9.69 Å². The molecule has 0 aromatic heterocycles. The smallest absolute Gasteiger partial charge is 0.252 e. The molecule has 1 aliphatic rings. The molecule has 132 valence electrons. The van der Waals surface area contributed by atoms with Crippen molar-refractivity contribution in [3.63, 3.8) is 0 Å². The number of amides is 1. The SMILES string of the molecule is Cc1ccc(C(CNC(=O)c2ccccc2I)N2CCOCC2)cc1. The first kappa shape index (κ1) is 18.4.